The summed E-state index contributed by atoms with van der Waals surface area (Å²) in [6.07, 6.45) is 10.6. The maximum atomic E-state index is 9.44. The molecule has 158 valence electrons. The molecular formula is C26H38N2O. The van der Waals surface area contributed by atoms with Crippen LogP contribution in [0.1, 0.15) is 70.6 Å². The Hall–Kier alpha value is -2.26. The highest BCUT2D eigenvalue weighted by Crippen LogP contribution is 2.24. The molecule has 0 aliphatic rings. The molecule has 29 heavy (non-hydrogen) atoms. The molecule has 3 heteroatoms. The van der Waals surface area contributed by atoms with Crippen molar-refractivity contribution < 1.29 is 4.79 Å². The minimum atomic E-state index is 0.167. The van der Waals surface area contributed by atoms with Gasteiger partial charge in [0.25, 0.3) is 0 Å². The summed E-state index contributed by atoms with van der Waals surface area (Å²) in [5.74, 6) is 0.167. The van der Waals surface area contributed by atoms with Crippen LogP contribution in [0.3, 0.4) is 0 Å². The maximum absolute atomic E-state index is 9.44. The number of hydrogen-bond donors (Lipinski definition) is 0. The number of aromatic nitrogens is 1. The number of benzene rings is 1. The molecule has 0 saturated heterocycles. The van der Waals surface area contributed by atoms with Crippen molar-refractivity contribution in [3.05, 3.63) is 59.9 Å². The largest absolute Gasteiger partial charge is 0.300 e. The standard InChI is InChI=1S/C23H32N2.C3H6O/c1-5-9-20-12-19(8-4)13-22(14-20)23-15-21(16-24-17-23)18-25(10-6-2)11-7-3;1-3(2)4/h8,12-17H,4-7,9-11,18H2,1-3H3;1-2H3. The van der Waals surface area contributed by atoms with Crippen molar-refractivity contribution in [2.75, 3.05) is 13.1 Å². The molecule has 0 aliphatic heterocycles. The van der Waals surface area contributed by atoms with Gasteiger partial charge in [-0.2, -0.15) is 0 Å². The first-order chi connectivity index (χ1) is 13.9. The summed E-state index contributed by atoms with van der Waals surface area (Å²) in [6.45, 7) is 17.0. The predicted molar refractivity (Wildman–Crippen MR) is 126 cm³/mol. The highest BCUT2D eigenvalue weighted by molar-refractivity contribution is 5.72. The molecule has 0 atom stereocenters. The van der Waals surface area contributed by atoms with Crippen molar-refractivity contribution in [2.45, 2.75) is 66.8 Å². The predicted octanol–water partition coefficient (Wildman–Crippen LogP) is 6.56. The van der Waals surface area contributed by atoms with Gasteiger partial charge in [0.05, 0.1) is 0 Å². The van der Waals surface area contributed by atoms with Gasteiger partial charge in [-0.1, -0.05) is 52.0 Å². The maximum Gasteiger partial charge on any atom is 0.126 e. The van der Waals surface area contributed by atoms with Gasteiger partial charge in [0.15, 0.2) is 0 Å². The van der Waals surface area contributed by atoms with Crippen molar-refractivity contribution in [3.8, 4) is 11.1 Å². The molecule has 0 amide bonds. The minimum absolute atomic E-state index is 0.167. The lowest BCUT2D eigenvalue weighted by molar-refractivity contribution is -0.114. The average molecular weight is 395 g/mol. The molecule has 2 aromatic rings. The van der Waals surface area contributed by atoms with Gasteiger partial charge in [-0.25, -0.2) is 0 Å². The third-order valence-electron chi connectivity index (χ3n) is 4.40. The van der Waals surface area contributed by atoms with Crippen LogP contribution in [0.15, 0.2) is 43.2 Å². The lowest BCUT2D eigenvalue weighted by Crippen LogP contribution is -2.24. The number of ketones is 1. The van der Waals surface area contributed by atoms with E-state index in [1.807, 2.05) is 18.5 Å². The summed E-state index contributed by atoms with van der Waals surface area (Å²) >= 11 is 0. The van der Waals surface area contributed by atoms with Gasteiger partial charge in [0.1, 0.15) is 5.78 Å². The summed E-state index contributed by atoms with van der Waals surface area (Å²) in [5.41, 5.74) is 6.29. The minimum Gasteiger partial charge on any atom is -0.300 e. The van der Waals surface area contributed by atoms with E-state index in [1.165, 1.54) is 54.5 Å². The number of carbonyl (C=O) groups is 1. The fourth-order valence-electron chi connectivity index (χ4n) is 3.33. The summed E-state index contributed by atoms with van der Waals surface area (Å²) in [6, 6.07) is 9.04. The molecule has 0 fully saturated rings. The van der Waals surface area contributed by atoms with Crippen LogP contribution < -0.4 is 0 Å². The normalized spacial score (nSPS) is 10.4. The van der Waals surface area contributed by atoms with E-state index in [1.54, 1.807) is 0 Å². The highest BCUT2D eigenvalue weighted by Gasteiger charge is 2.07. The summed E-state index contributed by atoms with van der Waals surface area (Å²) in [7, 11) is 0. The SMILES string of the molecule is C=Cc1cc(CCC)cc(-c2cncc(CN(CCC)CCC)c2)c1.CC(C)=O. The van der Waals surface area contributed by atoms with Crippen LogP contribution in [0, 0.1) is 0 Å². The Morgan fingerprint density at radius 3 is 2.10 bits per heavy atom. The van der Waals surface area contributed by atoms with Crippen LogP contribution in [0.25, 0.3) is 17.2 Å². The first kappa shape index (κ1) is 24.8. The van der Waals surface area contributed by atoms with Gasteiger partial charge in [0.2, 0.25) is 0 Å². The molecule has 0 unspecified atom stereocenters. The van der Waals surface area contributed by atoms with Gasteiger partial charge in [-0.05, 0) is 80.6 Å². The lowest BCUT2D eigenvalue weighted by atomic mass is 9.98. The van der Waals surface area contributed by atoms with Crippen molar-refractivity contribution in [1.82, 2.24) is 9.88 Å². The highest BCUT2D eigenvalue weighted by atomic mass is 16.1. The molecule has 0 bridgehead atoms. The molecule has 0 aliphatic carbocycles. The number of aryl methyl sites for hydroxylation is 1. The van der Waals surface area contributed by atoms with Crippen LogP contribution in [-0.2, 0) is 17.8 Å². The van der Waals surface area contributed by atoms with E-state index in [-0.39, 0.29) is 5.78 Å². The molecule has 1 aromatic heterocycles. The first-order valence-corrected chi connectivity index (χ1v) is 10.8. The van der Waals surface area contributed by atoms with E-state index in [9.17, 15) is 4.79 Å². The van der Waals surface area contributed by atoms with Crippen molar-refractivity contribution in [2.24, 2.45) is 0 Å². The average Bonchev–Trinajstić information content (AvgIpc) is 2.68. The lowest BCUT2D eigenvalue weighted by Gasteiger charge is -2.21. The topological polar surface area (TPSA) is 33.2 Å². The third kappa shape index (κ3) is 9.67. The number of hydrogen-bond acceptors (Lipinski definition) is 3. The molecule has 1 heterocycles. The Labute approximate surface area is 177 Å². The van der Waals surface area contributed by atoms with E-state index < -0.39 is 0 Å². The van der Waals surface area contributed by atoms with Crippen LogP contribution in [0.2, 0.25) is 0 Å². The number of nitrogens with zero attached hydrogens (tertiary/aromatic N) is 2. The molecular weight excluding hydrogens is 356 g/mol. The third-order valence-corrected chi connectivity index (χ3v) is 4.40. The second kappa shape index (κ2) is 13.8. The smallest absolute Gasteiger partial charge is 0.126 e. The van der Waals surface area contributed by atoms with Crippen molar-refractivity contribution in [3.63, 3.8) is 0 Å². The Balaban J connectivity index is 0.000000960. The zero-order valence-electron chi connectivity index (χ0n) is 19.0. The van der Waals surface area contributed by atoms with Crippen molar-refractivity contribution in [1.29, 1.82) is 0 Å². The molecule has 3 nitrogen and oxygen atoms in total. The zero-order chi connectivity index (χ0) is 21.6. The van der Waals surface area contributed by atoms with E-state index in [0.717, 1.165) is 32.5 Å². The van der Waals surface area contributed by atoms with E-state index in [2.05, 4.69) is 61.5 Å². The molecule has 0 N–H and O–H groups in total. The Morgan fingerprint density at radius 2 is 1.55 bits per heavy atom. The molecule has 0 saturated carbocycles. The summed E-state index contributed by atoms with van der Waals surface area (Å²) < 4.78 is 0. The number of pyridine rings is 1. The fourth-order valence-corrected chi connectivity index (χ4v) is 3.33. The zero-order valence-corrected chi connectivity index (χ0v) is 19.0. The van der Waals surface area contributed by atoms with Crippen LogP contribution >= 0.6 is 0 Å². The molecule has 2 rings (SSSR count). The Morgan fingerprint density at radius 1 is 0.931 bits per heavy atom. The van der Waals surface area contributed by atoms with E-state index >= 15 is 0 Å². The summed E-state index contributed by atoms with van der Waals surface area (Å²) in [4.78, 5) is 16.5. The Bertz CT molecular complexity index is 757. The fraction of sp³-hybridized carbons (Fsp3) is 0.462. The van der Waals surface area contributed by atoms with Crippen LogP contribution in [-0.4, -0.2) is 28.8 Å². The van der Waals surface area contributed by atoms with Gasteiger partial charge in [-0.15, -0.1) is 0 Å². The van der Waals surface area contributed by atoms with E-state index in [0.29, 0.717) is 0 Å². The van der Waals surface area contributed by atoms with Gasteiger partial charge in [0, 0.05) is 24.5 Å². The van der Waals surface area contributed by atoms with Gasteiger partial charge in [-0.3, -0.25) is 9.88 Å². The molecule has 0 radical (unpaired) electrons. The second-order valence-electron chi connectivity index (χ2n) is 7.68. The Kier molecular flexibility index (Phi) is 11.8. The first-order valence-electron chi connectivity index (χ1n) is 10.8. The quantitative estimate of drug-likeness (QED) is 0.457. The van der Waals surface area contributed by atoms with Gasteiger partial charge >= 0.3 is 0 Å². The van der Waals surface area contributed by atoms with Gasteiger partial charge < -0.3 is 4.79 Å². The monoisotopic (exact) mass is 394 g/mol. The molecule has 1 aromatic carbocycles. The van der Waals surface area contributed by atoms with Crippen LogP contribution in [0.4, 0.5) is 0 Å². The number of rotatable bonds is 10. The number of Topliss-reactive ketones (excluding diaryl/α,β-unsaturated/α-hetero) is 1. The van der Waals surface area contributed by atoms with Crippen molar-refractivity contribution >= 4 is 11.9 Å². The van der Waals surface area contributed by atoms with Crippen LogP contribution in [0.5, 0.6) is 0 Å². The summed E-state index contributed by atoms with van der Waals surface area (Å²) in [5, 5.41) is 0. The molecule has 0 spiro atoms. The number of carbonyl (C=O) groups excluding carboxylic acids is 1. The van der Waals surface area contributed by atoms with E-state index in [4.69, 9.17) is 0 Å². The second-order valence-corrected chi connectivity index (χ2v) is 7.68.